The number of nitriles is 1. The number of hydrogen-bond donors (Lipinski definition) is 4. The van der Waals surface area contributed by atoms with Crippen molar-refractivity contribution in [2.75, 3.05) is 67.5 Å². The average molecular weight is 1850 g/mol. The number of carbonyl (C=O) groups is 11. The van der Waals surface area contributed by atoms with Crippen LogP contribution in [0.15, 0.2) is 71.8 Å². The molecule has 0 bridgehead atoms. The van der Waals surface area contributed by atoms with E-state index in [9.17, 15) is 123 Å². The molecule has 2 unspecified atom stereocenters. The molecule has 4 N–H and O–H groups in total. The van der Waals surface area contributed by atoms with Crippen molar-refractivity contribution in [3.8, 4) is 6.07 Å². The fourth-order valence-electron chi connectivity index (χ4n) is 7.51. The number of methoxy groups -OCH3 is 1. The molecule has 0 radical (unpaired) electrons. The van der Waals surface area contributed by atoms with Crippen molar-refractivity contribution < 1.29 is 171 Å². The summed E-state index contributed by atoms with van der Waals surface area (Å²) in [5.41, 5.74) is -7.57. The Balaban J connectivity index is -0.000000173. The molecule has 0 saturated heterocycles. The largest absolute Gasteiger partial charge is 0.481 e. The van der Waals surface area contributed by atoms with Gasteiger partial charge in [0, 0.05) is 91.7 Å². The Morgan fingerprint density at radius 2 is 0.806 bits per heavy atom. The summed E-state index contributed by atoms with van der Waals surface area (Å²) >= 11 is 0. The number of ether oxygens (including phenoxy) is 7. The van der Waals surface area contributed by atoms with Crippen LogP contribution in [0.25, 0.3) is 0 Å². The smallest absolute Gasteiger partial charge is 0.345 e. The fraction of sp³-hybridized carbons (Fsp3) is 0.683. The van der Waals surface area contributed by atoms with Crippen molar-refractivity contribution in [3.63, 3.8) is 0 Å². The number of nitrogens with one attached hydrogen (secondary N) is 2. The first-order valence-corrected chi connectivity index (χ1v) is 38.0. The molecule has 2 aromatic rings. The van der Waals surface area contributed by atoms with Gasteiger partial charge in [0.05, 0.1) is 65.3 Å². The number of aldehydes is 1. The molecular formula is C82H129ClF16N4O21. The number of carbonyl (C=O) groups excluding carboxylic acids is 9. The molecule has 124 heavy (non-hydrogen) atoms. The van der Waals surface area contributed by atoms with Gasteiger partial charge in [0.25, 0.3) is 12.9 Å². The Bertz CT molecular complexity index is 3290. The zero-order valence-electron chi connectivity index (χ0n) is 74.8. The van der Waals surface area contributed by atoms with Crippen LogP contribution in [0.3, 0.4) is 0 Å². The van der Waals surface area contributed by atoms with E-state index >= 15 is 0 Å². The number of nitrogens with zero attached hydrogens (tertiary/aromatic N) is 2. The molecule has 0 aliphatic carbocycles. The summed E-state index contributed by atoms with van der Waals surface area (Å²) in [7, 11) is 4.39. The van der Waals surface area contributed by atoms with Gasteiger partial charge in [-0.1, -0.05) is 144 Å². The van der Waals surface area contributed by atoms with Gasteiger partial charge < -0.3 is 53.5 Å². The predicted molar refractivity (Wildman–Crippen MR) is 431 cm³/mol. The van der Waals surface area contributed by atoms with Crippen molar-refractivity contribution in [3.05, 3.63) is 82.9 Å². The molecule has 2 rings (SSSR count). The standard InChI is InChI=1S/C14H18F2N2.C14H19F2NO2.C11H18F2O4.C10H14F2O4.C8H15F2NO2.C7H12O4.C6H10F2O2.C6H10F2O.C3H4F2O.C3H8O.ClH/c1-14(2,13(15)16)8-12(9-17)18-10-11-6-4-3-5-7-11;1-14(2,13(15)16)8-11(12(18)19)17-9-10-6-4-3-5-7-10;1-5-16-8(14)7(9(15)17-6-2)11(3,4)10(12)13;1-4-15-9(13)7(6(3)8(11)12)10(14)16-5-2;1-8(2,7(9)10)5-6(12)11(3)13-4;1-3-10-6(8)5-7(9)11-4-2;1-6(2,5(7)8)3-4(9)10;1-6(2,3-4-9)5(7)8;1-2(6)3(4)5;1-3-4-2;/h3-7,12-13,18H,8,10H2,1-2H3;3-7,11,13,17H,8-9H2,1-2H3,(H,18,19);7,10H,5-6H2,1-4H3;8H,4-5H2,1-3H3;7H,5H2,1-4H3;3-5H2,1-2H3;5H,3H2,1-2H3,(H,9,10);4-5H,3H2,1-2H3;3H,1H3;3H2,1-2H3;1H. The van der Waals surface area contributed by atoms with Gasteiger partial charge >= 0.3 is 47.8 Å². The third-order valence-electron chi connectivity index (χ3n) is 15.6. The maximum absolute atomic E-state index is 12.8. The molecule has 0 heterocycles. The third kappa shape index (κ3) is 66.7. The van der Waals surface area contributed by atoms with E-state index in [1.54, 1.807) is 21.0 Å². The highest BCUT2D eigenvalue weighted by Gasteiger charge is 2.49. The van der Waals surface area contributed by atoms with E-state index < -0.39 is 179 Å². The number of aliphatic carboxylic acids is 2. The molecule has 0 aliphatic heterocycles. The first-order chi connectivity index (χ1) is 56.4. The summed E-state index contributed by atoms with van der Waals surface area (Å²) < 4.78 is 227. The number of Topliss-reactive ketones (excluding diaryl/α,β-unsaturated/α-hetero) is 1. The number of carboxylic acids is 2. The number of benzene rings is 2. The molecule has 0 aromatic heterocycles. The normalized spacial score (nSPS) is 11.5. The zero-order valence-corrected chi connectivity index (χ0v) is 75.6. The van der Waals surface area contributed by atoms with Crippen LogP contribution in [0.5, 0.6) is 0 Å². The summed E-state index contributed by atoms with van der Waals surface area (Å²) in [5.74, 6) is -10.6. The number of ketones is 1. The quantitative estimate of drug-likeness (QED) is 0.00703. The molecule has 2 aromatic carbocycles. The van der Waals surface area contributed by atoms with Crippen molar-refractivity contribution in [1.29, 1.82) is 5.26 Å². The van der Waals surface area contributed by atoms with Gasteiger partial charge in [0.15, 0.2) is 11.7 Å². The van der Waals surface area contributed by atoms with Gasteiger partial charge in [0.2, 0.25) is 44.5 Å². The van der Waals surface area contributed by atoms with Gasteiger partial charge in [0.1, 0.15) is 24.3 Å². The predicted octanol–water partition coefficient (Wildman–Crippen LogP) is 17.7. The second-order valence-electron chi connectivity index (χ2n) is 29.5. The monoisotopic (exact) mass is 1840 g/mol. The van der Waals surface area contributed by atoms with Gasteiger partial charge in [-0.15, -0.1) is 12.4 Å². The highest BCUT2D eigenvalue weighted by atomic mass is 35.5. The lowest BCUT2D eigenvalue weighted by atomic mass is 9.79. The third-order valence-corrected chi connectivity index (χ3v) is 15.6. The molecule has 2 atom stereocenters. The summed E-state index contributed by atoms with van der Waals surface area (Å²) in [4.78, 5) is 123. The molecule has 722 valence electrons. The first kappa shape index (κ1) is 133. The van der Waals surface area contributed by atoms with Gasteiger partial charge in [-0.3, -0.25) is 48.5 Å². The molecule has 0 fully saturated rings. The van der Waals surface area contributed by atoms with Gasteiger partial charge in [-0.2, -0.15) is 5.26 Å². The number of hydrogen-bond acceptors (Lipinski definition) is 22. The lowest BCUT2D eigenvalue weighted by molar-refractivity contribution is -0.174. The minimum absolute atomic E-state index is 0. The molecule has 0 aliphatic rings. The second kappa shape index (κ2) is 72.4. The highest BCUT2D eigenvalue weighted by Crippen LogP contribution is 2.37. The Morgan fingerprint density at radius 1 is 0.476 bits per heavy atom. The molecule has 1 amide bonds. The Kier molecular flexibility index (Phi) is 77.8. The highest BCUT2D eigenvalue weighted by molar-refractivity contribution is 6.14. The fourth-order valence-corrected chi connectivity index (χ4v) is 7.51. The van der Waals surface area contributed by atoms with Crippen molar-refractivity contribution in [1.82, 2.24) is 15.7 Å². The number of allylic oxidation sites excluding steroid dienone is 1. The summed E-state index contributed by atoms with van der Waals surface area (Å²) in [6.45, 7) is 31.4. The SMILES string of the molecule is CC(=O)C(F)F.CC(C)(CC(=O)O)C(F)F.CC(C)(CC(C#N)NCc1ccccc1)C(F)F.CC(C)(CC(NCc1ccccc1)C(=O)O)C(F)F.CC(C)(CC=O)C(F)F.CCOC.CCOC(=O)C(C(=O)OCC)=C(C)C(F)F.CCOC(=O)C(C(=O)OCC)C(C)(C)C(F)F.CCOC(=O)CC(=O)OCC.CON(C)C(=O)CC(C)(C)C(F)F.Cl. The van der Waals surface area contributed by atoms with Crippen LogP contribution in [-0.4, -0.2) is 212 Å². The maximum Gasteiger partial charge on any atom is 0.345 e. The number of amides is 1. The van der Waals surface area contributed by atoms with Crippen LogP contribution in [0.1, 0.15) is 195 Å². The van der Waals surface area contributed by atoms with E-state index in [2.05, 4.69) is 48.6 Å². The van der Waals surface area contributed by atoms with Crippen LogP contribution in [0.2, 0.25) is 0 Å². The van der Waals surface area contributed by atoms with Gasteiger partial charge in [-0.25, -0.2) is 84.9 Å². The maximum atomic E-state index is 12.8. The number of halogens is 17. The van der Waals surface area contributed by atoms with E-state index in [0.29, 0.717) is 19.4 Å². The van der Waals surface area contributed by atoms with E-state index in [1.807, 2.05) is 73.7 Å². The van der Waals surface area contributed by atoms with E-state index in [1.165, 1.54) is 111 Å². The average Bonchev–Trinajstić information content (AvgIpc) is 0.809. The molecule has 0 spiro atoms. The number of hydroxylamine groups is 2. The van der Waals surface area contributed by atoms with Crippen LogP contribution in [-0.2, 0) is 104 Å². The van der Waals surface area contributed by atoms with E-state index in [4.69, 9.17) is 15.5 Å². The zero-order chi connectivity index (χ0) is 98.2. The van der Waals surface area contributed by atoms with E-state index in [-0.39, 0.29) is 84.2 Å². The number of alkyl halides is 16. The second-order valence-corrected chi connectivity index (χ2v) is 29.5. The van der Waals surface area contributed by atoms with Gasteiger partial charge in [-0.05, 0) is 79.4 Å². The Morgan fingerprint density at radius 3 is 1.06 bits per heavy atom. The minimum Gasteiger partial charge on any atom is -0.481 e. The number of esters is 6. The molecule has 0 saturated carbocycles. The Labute approximate surface area is 723 Å². The lowest BCUT2D eigenvalue weighted by Crippen LogP contribution is -2.43. The topological polar surface area (TPSA) is 353 Å². The van der Waals surface area contributed by atoms with Crippen molar-refractivity contribution >= 4 is 78.1 Å². The first-order valence-electron chi connectivity index (χ1n) is 38.0. The van der Waals surface area contributed by atoms with Crippen LogP contribution in [0, 0.1) is 49.7 Å². The van der Waals surface area contributed by atoms with Crippen LogP contribution < -0.4 is 10.6 Å². The molecular weight excluding hydrogens is 1720 g/mol. The number of rotatable bonds is 40. The summed E-state index contributed by atoms with van der Waals surface area (Å²) in [5, 5.41) is 33.0. The van der Waals surface area contributed by atoms with Crippen molar-refractivity contribution in [2.24, 2.45) is 38.4 Å². The van der Waals surface area contributed by atoms with Crippen LogP contribution in [0.4, 0.5) is 70.2 Å². The minimum atomic E-state index is -2.90. The number of carboxylic acid groups (broad SMARTS) is 2. The lowest BCUT2D eigenvalue weighted by Gasteiger charge is -2.29. The summed E-state index contributed by atoms with van der Waals surface area (Å²) in [6.07, 6.45) is -21.6. The van der Waals surface area contributed by atoms with Crippen LogP contribution >= 0.6 is 12.4 Å². The Hall–Kier alpha value is -8.75. The molecule has 42 heteroatoms. The van der Waals surface area contributed by atoms with E-state index in [0.717, 1.165) is 50.5 Å². The molecule has 25 nitrogen and oxygen atoms in total. The van der Waals surface area contributed by atoms with Crippen molar-refractivity contribution in [2.45, 2.75) is 261 Å². The summed E-state index contributed by atoms with van der Waals surface area (Å²) in [6, 6.07) is 19.3.